The van der Waals surface area contributed by atoms with E-state index in [4.69, 9.17) is 14.2 Å². The molecule has 0 aromatic heterocycles. The second-order valence-corrected chi connectivity index (χ2v) is 10.8. The van der Waals surface area contributed by atoms with Crippen LogP contribution >= 0.6 is 0 Å². The number of hydrogen-bond acceptors (Lipinski definition) is 6. The topological polar surface area (TPSA) is 97.3 Å². The van der Waals surface area contributed by atoms with Crippen molar-refractivity contribution in [2.24, 2.45) is 0 Å². The summed E-state index contributed by atoms with van der Waals surface area (Å²) in [6, 6.07) is 6.75. The highest BCUT2D eigenvalue weighted by Gasteiger charge is 2.71. The fourth-order valence-electron chi connectivity index (χ4n) is 5.39. The molecule has 2 aromatic rings. The number of rotatable bonds is 13. The maximum Gasteiger partial charge on any atom is 0.430 e. The maximum atomic E-state index is 13.7. The number of unbranched alkanes of at least 4 members (excludes halogenated alkanes) is 2. The first-order valence-corrected chi connectivity index (χ1v) is 14.4. The Morgan fingerprint density at radius 1 is 0.932 bits per heavy atom. The van der Waals surface area contributed by atoms with E-state index in [1.807, 2.05) is 6.92 Å². The largest absolute Gasteiger partial charge is 0.493 e. The molecule has 1 atom stereocenters. The zero-order chi connectivity index (χ0) is 32.3. The molecule has 14 heteroatoms. The number of carbonyl (C=O) groups is 2. The number of fused-ring (bicyclic) bond motifs is 1. The van der Waals surface area contributed by atoms with Gasteiger partial charge in [0, 0.05) is 12.1 Å². The van der Waals surface area contributed by atoms with Crippen molar-refractivity contribution in [3.8, 4) is 17.2 Å². The van der Waals surface area contributed by atoms with E-state index < -0.39 is 41.0 Å². The second-order valence-electron chi connectivity index (χ2n) is 10.8. The quantitative estimate of drug-likeness (QED) is 0.149. The van der Waals surface area contributed by atoms with Gasteiger partial charge >= 0.3 is 18.4 Å². The maximum absolute atomic E-state index is 13.7. The fourth-order valence-corrected chi connectivity index (χ4v) is 5.39. The van der Waals surface area contributed by atoms with Gasteiger partial charge in [-0.1, -0.05) is 45.2 Å². The number of urea groups is 1. The third kappa shape index (κ3) is 6.13. The monoisotopic (exact) mass is 632 g/mol. The van der Waals surface area contributed by atoms with Gasteiger partial charge in [0.25, 0.3) is 11.5 Å². The molecule has 3 amide bonds. The zero-order valence-corrected chi connectivity index (χ0v) is 24.2. The van der Waals surface area contributed by atoms with Gasteiger partial charge in [-0.3, -0.25) is 9.69 Å². The number of aliphatic hydroxyl groups is 1. The number of nitrogens with one attached hydrogen (secondary N) is 1. The number of benzene rings is 2. The minimum atomic E-state index is -5.99. The number of nitrogens with zero attached hydrogens (tertiary/aromatic N) is 1. The van der Waals surface area contributed by atoms with Crippen LogP contribution in [0.2, 0.25) is 0 Å². The van der Waals surface area contributed by atoms with Crippen LogP contribution in [0.1, 0.15) is 69.1 Å². The van der Waals surface area contributed by atoms with Crippen LogP contribution < -0.4 is 19.5 Å². The molecular formula is C30H34F6N2O6. The van der Waals surface area contributed by atoms with Gasteiger partial charge in [0.05, 0.1) is 6.61 Å². The Hall–Kier alpha value is -3.68. The number of aryl methyl sites for hydroxylation is 1. The minimum Gasteiger partial charge on any atom is -0.493 e. The Kier molecular flexibility index (Phi) is 9.62. The van der Waals surface area contributed by atoms with Crippen LogP contribution in [0.15, 0.2) is 36.4 Å². The Balaban J connectivity index is 1.42. The van der Waals surface area contributed by atoms with Crippen LogP contribution in [0.5, 0.6) is 17.2 Å². The van der Waals surface area contributed by atoms with Gasteiger partial charge in [-0.25, -0.2) is 4.79 Å². The highest BCUT2D eigenvalue weighted by molar-refractivity contribution is 6.07. The molecule has 2 aliphatic rings. The molecule has 1 fully saturated rings. The summed E-state index contributed by atoms with van der Waals surface area (Å²) in [7, 11) is 0. The molecule has 0 spiro atoms. The third-order valence-corrected chi connectivity index (χ3v) is 7.80. The molecule has 0 saturated carbocycles. The van der Waals surface area contributed by atoms with Crippen molar-refractivity contribution in [1.82, 2.24) is 10.2 Å². The summed E-state index contributed by atoms with van der Waals surface area (Å²) in [5.41, 5.74) is -6.99. The summed E-state index contributed by atoms with van der Waals surface area (Å²) >= 11 is 0. The number of imide groups is 1. The summed E-state index contributed by atoms with van der Waals surface area (Å²) in [5.74, 6) is 0.700. The van der Waals surface area contributed by atoms with Gasteiger partial charge in [0.2, 0.25) is 6.79 Å². The molecule has 8 nitrogen and oxygen atoms in total. The molecule has 44 heavy (non-hydrogen) atoms. The smallest absolute Gasteiger partial charge is 0.430 e. The molecule has 2 aromatic carbocycles. The fraction of sp³-hybridized carbons (Fsp3) is 0.533. The first-order valence-electron chi connectivity index (χ1n) is 14.4. The van der Waals surface area contributed by atoms with E-state index >= 15 is 0 Å². The Labute approximate surface area is 250 Å². The summed E-state index contributed by atoms with van der Waals surface area (Å²) in [6.45, 7) is 3.81. The van der Waals surface area contributed by atoms with E-state index in [-0.39, 0.29) is 37.7 Å². The number of alkyl halides is 6. The van der Waals surface area contributed by atoms with Crippen LogP contribution in [0.3, 0.4) is 0 Å². The highest BCUT2D eigenvalue weighted by atomic mass is 19.4. The van der Waals surface area contributed by atoms with Crippen molar-refractivity contribution >= 4 is 11.9 Å². The molecule has 1 saturated heterocycles. The van der Waals surface area contributed by atoms with Crippen molar-refractivity contribution in [3.63, 3.8) is 0 Å². The normalized spacial score (nSPS) is 18.6. The molecule has 2 N–H and O–H groups in total. The van der Waals surface area contributed by atoms with Crippen molar-refractivity contribution in [3.05, 3.63) is 53.1 Å². The molecule has 4 rings (SSSR count). The van der Waals surface area contributed by atoms with Crippen LogP contribution in [0.4, 0.5) is 31.1 Å². The molecule has 0 aliphatic carbocycles. The van der Waals surface area contributed by atoms with Gasteiger partial charge in [-0.15, -0.1) is 0 Å². The Bertz CT molecular complexity index is 1350. The predicted octanol–water partition coefficient (Wildman–Crippen LogP) is 6.48. The summed E-state index contributed by atoms with van der Waals surface area (Å²) in [5, 5.41) is 12.6. The molecule has 0 bridgehead atoms. The van der Waals surface area contributed by atoms with Crippen LogP contribution in [0.25, 0.3) is 0 Å². The van der Waals surface area contributed by atoms with Gasteiger partial charge in [0.1, 0.15) is 11.3 Å². The van der Waals surface area contributed by atoms with Gasteiger partial charge in [0.15, 0.2) is 11.5 Å². The van der Waals surface area contributed by atoms with Crippen LogP contribution in [0, 0.1) is 0 Å². The summed E-state index contributed by atoms with van der Waals surface area (Å²) in [6.07, 6.45) is -8.99. The van der Waals surface area contributed by atoms with Crippen LogP contribution in [-0.4, -0.2) is 54.2 Å². The van der Waals surface area contributed by atoms with E-state index in [0.717, 1.165) is 17.4 Å². The number of hydrogen-bond donors (Lipinski definition) is 2. The SMILES string of the molecule is CCCCC1(c2ccc3c(c2)OCO3)NC(=O)N(CCCCOc2ccc(C(O)(C(F)(F)F)C(F)(F)F)cc2CCC)C1=O. The summed E-state index contributed by atoms with van der Waals surface area (Å²) < 4.78 is 96.7. The van der Waals surface area contributed by atoms with Gasteiger partial charge in [-0.2, -0.15) is 26.3 Å². The number of amides is 3. The average molecular weight is 633 g/mol. The Morgan fingerprint density at radius 2 is 1.64 bits per heavy atom. The van der Waals surface area contributed by atoms with E-state index in [1.165, 1.54) is 0 Å². The molecule has 1 unspecified atom stereocenters. The molecule has 2 heterocycles. The third-order valence-electron chi connectivity index (χ3n) is 7.80. The van der Waals surface area contributed by atoms with Crippen LogP contribution in [-0.2, 0) is 22.4 Å². The highest BCUT2D eigenvalue weighted by Crippen LogP contribution is 2.50. The lowest BCUT2D eigenvalue weighted by Crippen LogP contribution is -2.53. The van der Waals surface area contributed by atoms with Crippen molar-refractivity contribution in [2.75, 3.05) is 19.9 Å². The van der Waals surface area contributed by atoms with E-state index in [0.29, 0.717) is 61.3 Å². The number of ether oxygens (including phenoxy) is 3. The van der Waals surface area contributed by atoms with E-state index in [2.05, 4.69) is 5.32 Å². The number of carbonyl (C=O) groups excluding carboxylic acids is 2. The first-order chi connectivity index (χ1) is 20.7. The standard InChI is InChI=1S/C30H34F6N2O6/c1-3-5-13-27(20-9-12-23-24(17-20)44-18-43-23)25(39)38(26(40)37-27)14-6-7-15-42-22-11-10-21(16-19(22)8-4-2)28(41,29(31,32)33)30(34,35)36/h9-12,16-17,41H,3-8,13-15,18H2,1-2H3,(H,37,40). The van der Waals surface area contributed by atoms with Gasteiger partial charge < -0.3 is 24.6 Å². The Morgan fingerprint density at radius 3 is 2.30 bits per heavy atom. The minimum absolute atomic E-state index is 0.0195. The predicted molar refractivity (Wildman–Crippen MR) is 145 cm³/mol. The van der Waals surface area contributed by atoms with Crippen molar-refractivity contribution < 1.29 is 55.2 Å². The lowest BCUT2D eigenvalue weighted by molar-refractivity contribution is -0.376. The zero-order valence-electron chi connectivity index (χ0n) is 24.2. The molecular weight excluding hydrogens is 598 g/mol. The number of halogens is 6. The van der Waals surface area contributed by atoms with Crippen molar-refractivity contribution in [2.45, 2.75) is 82.3 Å². The summed E-state index contributed by atoms with van der Waals surface area (Å²) in [4.78, 5) is 27.7. The first kappa shape index (κ1) is 33.2. The van der Waals surface area contributed by atoms with Crippen molar-refractivity contribution in [1.29, 1.82) is 0 Å². The lowest BCUT2D eigenvalue weighted by atomic mass is 9.84. The lowest BCUT2D eigenvalue weighted by Gasteiger charge is -2.33. The van der Waals surface area contributed by atoms with E-state index in [1.54, 1.807) is 25.1 Å². The molecule has 242 valence electrons. The second kappa shape index (κ2) is 12.7. The van der Waals surface area contributed by atoms with Gasteiger partial charge in [-0.05, 0) is 61.1 Å². The molecule has 2 aliphatic heterocycles. The molecule has 0 radical (unpaired) electrons. The van der Waals surface area contributed by atoms with E-state index in [9.17, 15) is 41.0 Å². The average Bonchev–Trinajstić information content (AvgIpc) is 3.52.